The van der Waals surface area contributed by atoms with E-state index in [9.17, 15) is 4.79 Å². The summed E-state index contributed by atoms with van der Waals surface area (Å²) in [5, 5.41) is 9.07. The molecule has 4 aromatic rings. The summed E-state index contributed by atoms with van der Waals surface area (Å²) >= 11 is 0. The molecule has 4 rings (SSSR count). The Morgan fingerprint density at radius 1 is 1.16 bits per heavy atom. The van der Waals surface area contributed by atoms with Crippen LogP contribution in [0.1, 0.15) is 35.5 Å². The van der Waals surface area contributed by atoms with Gasteiger partial charge in [0.1, 0.15) is 5.75 Å². The summed E-state index contributed by atoms with van der Waals surface area (Å²) in [4.78, 5) is 17.8. The van der Waals surface area contributed by atoms with Gasteiger partial charge in [0.05, 0.1) is 35.3 Å². The van der Waals surface area contributed by atoms with Gasteiger partial charge in [-0.1, -0.05) is 18.2 Å². The van der Waals surface area contributed by atoms with Gasteiger partial charge in [0.25, 0.3) is 5.91 Å². The van der Waals surface area contributed by atoms with Crippen molar-refractivity contribution in [3.63, 3.8) is 0 Å². The van der Waals surface area contributed by atoms with Gasteiger partial charge in [-0.15, -0.1) is 0 Å². The molecule has 7 heteroatoms. The van der Waals surface area contributed by atoms with Crippen LogP contribution < -0.4 is 10.2 Å². The standard InChI is InChI=1S/C25H25N5O2/c1-16(2)32-20-11-9-18(10-12-20)24-13-22(21-7-5-6-8-23(21)28-24)25(31)29-26-14-19-15-27-30(4)17(19)3/h5-16H,1-4H3,(H,29,31). The first-order valence-electron chi connectivity index (χ1n) is 10.4. The highest BCUT2D eigenvalue weighted by Gasteiger charge is 2.14. The van der Waals surface area contributed by atoms with Crippen molar-refractivity contribution in [2.75, 3.05) is 0 Å². The lowest BCUT2D eigenvalue weighted by molar-refractivity contribution is 0.0956. The fourth-order valence-electron chi connectivity index (χ4n) is 3.35. The van der Waals surface area contributed by atoms with Gasteiger partial charge in [-0.25, -0.2) is 10.4 Å². The van der Waals surface area contributed by atoms with Gasteiger partial charge in [0.2, 0.25) is 0 Å². The van der Waals surface area contributed by atoms with Crippen molar-refractivity contribution in [3.05, 3.63) is 77.6 Å². The summed E-state index contributed by atoms with van der Waals surface area (Å²) in [5.41, 5.74) is 7.29. The lowest BCUT2D eigenvalue weighted by Crippen LogP contribution is -2.18. The van der Waals surface area contributed by atoms with Crippen LogP contribution in [0, 0.1) is 6.92 Å². The number of para-hydroxylation sites is 1. The Morgan fingerprint density at radius 3 is 2.59 bits per heavy atom. The average molecular weight is 428 g/mol. The number of hydrazone groups is 1. The number of carbonyl (C=O) groups excluding carboxylic acids is 1. The summed E-state index contributed by atoms with van der Waals surface area (Å²) in [5.74, 6) is 0.491. The number of benzene rings is 2. The number of ether oxygens (including phenoxy) is 1. The fraction of sp³-hybridized carbons (Fsp3) is 0.200. The van der Waals surface area contributed by atoms with Gasteiger partial charge < -0.3 is 4.74 Å². The summed E-state index contributed by atoms with van der Waals surface area (Å²) in [6, 6.07) is 17.1. The van der Waals surface area contributed by atoms with E-state index in [4.69, 9.17) is 9.72 Å². The van der Waals surface area contributed by atoms with E-state index in [0.717, 1.165) is 33.5 Å². The van der Waals surface area contributed by atoms with E-state index >= 15 is 0 Å². The van der Waals surface area contributed by atoms with Crippen molar-refractivity contribution >= 4 is 23.0 Å². The third kappa shape index (κ3) is 4.51. The first-order chi connectivity index (χ1) is 15.4. The smallest absolute Gasteiger partial charge is 0.272 e. The van der Waals surface area contributed by atoms with Crippen LogP contribution in [0.15, 0.2) is 65.9 Å². The lowest BCUT2D eigenvalue weighted by atomic mass is 10.0. The molecule has 2 aromatic carbocycles. The molecule has 0 unspecified atom stereocenters. The van der Waals surface area contributed by atoms with Crippen molar-refractivity contribution in [1.82, 2.24) is 20.2 Å². The Bertz CT molecular complexity index is 1290. The molecule has 0 fully saturated rings. The Morgan fingerprint density at radius 2 is 1.91 bits per heavy atom. The maximum atomic E-state index is 13.0. The summed E-state index contributed by atoms with van der Waals surface area (Å²) in [6.07, 6.45) is 3.40. The molecule has 0 saturated heterocycles. The molecule has 0 aliphatic rings. The van der Waals surface area contributed by atoms with Gasteiger partial charge in [-0.3, -0.25) is 9.48 Å². The van der Waals surface area contributed by atoms with Crippen molar-refractivity contribution in [1.29, 1.82) is 0 Å². The number of hydrogen-bond donors (Lipinski definition) is 1. The minimum atomic E-state index is -0.303. The minimum Gasteiger partial charge on any atom is -0.491 e. The third-order valence-electron chi connectivity index (χ3n) is 5.13. The molecule has 1 amide bonds. The van der Waals surface area contributed by atoms with Gasteiger partial charge in [0.15, 0.2) is 0 Å². The molecule has 7 nitrogen and oxygen atoms in total. The third-order valence-corrected chi connectivity index (χ3v) is 5.13. The number of carbonyl (C=O) groups is 1. The number of nitrogens with zero attached hydrogens (tertiary/aromatic N) is 4. The highest BCUT2D eigenvalue weighted by molar-refractivity contribution is 6.07. The van der Waals surface area contributed by atoms with Crippen molar-refractivity contribution in [3.8, 4) is 17.0 Å². The largest absolute Gasteiger partial charge is 0.491 e. The van der Waals surface area contributed by atoms with Crippen molar-refractivity contribution in [2.45, 2.75) is 26.9 Å². The lowest BCUT2D eigenvalue weighted by Gasteiger charge is -2.11. The molecule has 2 heterocycles. The maximum Gasteiger partial charge on any atom is 0.272 e. The zero-order valence-electron chi connectivity index (χ0n) is 18.5. The predicted molar refractivity (Wildman–Crippen MR) is 126 cm³/mol. The monoisotopic (exact) mass is 427 g/mol. The fourth-order valence-corrected chi connectivity index (χ4v) is 3.35. The van der Waals surface area contributed by atoms with E-state index in [1.807, 2.05) is 76.3 Å². The molecular weight excluding hydrogens is 402 g/mol. The van der Waals surface area contributed by atoms with Crippen LogP contribution in [0.4, 0.5) is 0 Å². The predicted octanol–water partition coefficient (Wildman–Crippen LogP) is 4.49. The number of hydrogen-bond acceptors (Lipinski definition) is 5. The van der Waals surface area contributed by atoms with Crippen LogP contribution in [-0.2, 0) is 7.05 Å². The van der Waals surface area contributed by atoms with Crippen LogP contribution in [0.25, 0.3) is 22.2 Å². The minimum absolute atomic E-state index is 0.103. The number of amides is 1. The molecule has 0 spiro atoms. The van der Waals surface area contributed by atoms with Crippen LogP contribution >= 0.6 is 0 Å². The molecule has 1 N–H and O–H groups in total. The number of nitrogens with one attached hydrogen (secondary N) is 1. The molecule has 0 bridgehead atoms. The number of aromatic nitrogens is 3. The van der Waals surface area contributed by atoms with Gasteiger partial charge >= 0.3 is 0 Å². The van der Waals surface area contributed by atoms with E-state index in [0.29, 0.717) is 11.3 Å². The molecule has 2 aromatic heterocycles. The average Bonchev–Trinajstić information content (AvgIpc) is 3.10. The second-order valence-electron chi connectivity index (χ2n) is 7.77. The maximum absolute atomic E-state index is 13.0. The Labute approximate surface area is 186 Å². The zero-order valence-corrected chi connectivity index (χ0v) is 18.5. The molecule has 32 heavy (non-hydrogen) atoms. The topological polar surface area (TPSA) is 81.4 Å². The molecule has 0 radical (unpaired) electrons. The molecular formula is C25H25N5O2. The molecule has 0 atom stereocenters. The first kappa shape index (κ1) is 21.2. The molecule has 0 aliphatic carbocycles. The molecule has 0 saturated carbocycles. The number of fused-ring (bicyclic) bond motifs is 1. The Balaban J connectivity index is 1.64. The van der Waals surface area contributed by atoms with Gasteiger partial charge in [-0.2, -0.15) is 10.2 Å². The summed E-state index contributed by atoms with van der Waals surface area (Å²) in [6.45, 7) is 5.92. The van der Waals surface area contributed by atoms with Crippen LogP contribution in [0.5, 0.6) is 5.75 Å². The second-order valence-corrected chi connectivity index (χ2v) is 7.77. The SMILES string of the molecule is Cc1c(C=NNC(=O)c2cc(-c3ccc(OC(C)C)cc3)nc3ccccc23)cnn1C. The van der Waals surface area contributed by atoms with E-state index in [-0.39, 0.29) is 12.0 Å². The van der Waals surface area contributed by atoms with Crippen LogP contribution in [0.2, 0.25) is 0 Å². The Kier molecular flexibility index (Phi) is 5.98. The van der Waals surface area contributed by atoms with Crippen molar-refractivity contribution < 1.29 is 9.53 Å². The second kappa shape index (κ2) is 9.01. The number of pyridine rings is 1. The zero-order chi connectivity index (χ0) is 22.7. The van der Waals surface area contributed by atoms with Crippen LogP contribution in [-0.4, -0.2) is 33.0 Å². The summed E-state index contributed by atoms with van der Waals surface area (Å²) < 4.78 is 7.47. The first-order valence-corrected chi connectivity index (χ1v) is 10.4. The Hall–Kier alpha value is -4.00. The van der Waals surface area contributed by atoms with Crippen molar-refractivity contribution in [2.24, 2.45) is 12.1 Å². The van der Waals surface area contributed by atoms with E-state index < -0.39 is 0 Å². The van der Waals surface area contributed by atoms with E-state index in [1.165, 1.54) is 0 Å². The number of aryl methyl sites for hydroxylation is 1. The normalized spacial score (nSPS) is 11.4. The van der Waals surface area contributed by atoms with Gasteiger partial charge in [0, 0.05) is 29.3 Å². The number of rotatable bonds is 6. The van der Waals surface area contributed by atoms with Crippen LogP contribution in [0.3, 0.4) is 0 Å². The van der Waals surface area contributed by atoms with Gasteiger partial charge in [-0.05, 0) is 57.2 Å². The van der Waals surface area contributed by atoms with E-state index in [1.54, 1.807) is 23.2 Å². The highest BCUT2D eigenvalue weighted by atomic mass is 16.5. The molecule has 162 valence electrons. The quantitative estimate of drug-likeness (QED) is 0.363. The van der Waals surface area contributed by atoms with E-state index in [2.05, 4.69) is 15.6 Å². The molecule has 0 aliphatic heterocycles. The highest BCUT2D eigenvalue weighted by Crippen LogP contribution is 2.26. The summed E-state index contributed by atoms with van der Waals surface area (Å²) in [7, 11) is 1.86.